The number of fused-ring (bicyclic) bond motifs is 1. The van der Waals surface area contributed by atoms with E-state index >= 15 is 0 Å². The van der Waals surface area contributed by atoms with Crippen LogP contribution in [-0.4, -0.2) is 53.7 Å². The fourth-order valence-corrected chi connectivity index (χ4v) is 3.64. The second kappa shape index (κ2) is 7.13. The number of morpholine rings is 1. The Morgan fingerprint density at radius 1 is 1.26 bits per heavy atom. The number of hydrogen-bond acceptors (Lipinski definition) is 6. The van der Waals surface area contributed by atoms with Gasteiger partial charge in [-0.25, -0.2) is 14.8 Å². The third-order valence-electron chi connectivity index (χ3n) is 4.97. The van der Waals surface area contributed by atoms with Crippen molar-refractivity contribution in [2.45, 2.75) is 26.1 Å². The average Bonchev–Trinajstić information content (AvgIpc) is 3.02. The van der Waals surface area contributed by atoms with E-state index in [2.05, 4.69) is 29.1 Å². The summed E-state index contributed by atoms with van der Waals surface area (Å²) in [6, 6.07) is 7.11. The number of anilines is 2. The highest BCUT2D eigenvalue weighted by Gasteiger charge is 2.29. The first-order valence-corrected chi connectivity index (χ1v) is 9.11. The van der Waals surface area contributed by atoms with Gasteiger partial charge >= 0.3 is 6.03 Å². The van der Waals surface area contributed by atoms with Crippen LogP contribution in [-0.2, 0) is 17.8 Å². The molecule has 8 nitrogen and oxygen atoms in total. The summed E-state index contributed by atoms with van der Waals surface area (Å²) >= 11 is 0. The van der Waals surface area contributed by atoms with Gasteiger partial charge in [-0.1, -0.05) is 0 Å². The molecule has 1 aromatic heterocycles. The molecule has 8 heteroatoms. The zero-order valence-corrected chi connectivity index (χ0v) is 15.6. The number of hydrogen-bond donors (Lipinski definition) is 2. The highest BCUT2D eigenvalue weighted by Crippen LogP contribution is 2.32. The van der Waals surface area contributed by atoms with E-state index in [9.17, 15) is 4.79 Å². The second-order valence-corrected chi connectivity index (χ2v) is 7.15. The largest absolute Gasteiger partial charge is 0.377 e. The average molecular weight is 368 g/mol. The fourth-order valence-electron chi connectivity index (χ4n) is 3.64. The number of urea groups is 1. The fraction of sp³-hybridized carbons (Fsp3) is 0.421. The first-order valence-electron chi connectivity index (χ1n) is 9.11. The predicted octanol–water partition coefficient (Wildman–Crippen LogP) is 1.80. The molecule has 1 atom stereocenters. The van der Waals surface area contributed by atoms with E-state index in [1.165, 1.54) is 5.56 Å². The van der Waals surface area contributed by atoms with Gasteiger partial charge in [-0.2, -0.15) is 0 Å². The van der Waals surface area contributed by atoms with Crippen molar-refractivity contribution >= 4 is 17.5 Å². The lowest BCUT2D eigenvalue weighted by Gasteiger charge is -2.35. The topological polar surface area (TPSA) is 96.6 Å². The molecule has 2 aliphatic heterocycles. The minimum absolute atomic E-state index is 0.277. The molecule has 4 rings (SSSR count). The molecule has 2 aliphatic rings. The van der Waals surface area contributed by atoms with Gasteiger partial charge in [-0.05, 0) is 38.2 Å². The summed E-state index contributed by atoms with van der Waals surface area (Å²) in [5.74, 6) is 1.71. The molecule has 2 amide bonds. The quantitative estimate of drug-likeness (QED) is 0.858. The number of nitrogens with two attached hydrogens (primary N) is 1. The van der Waals surface area contributed by atoms with Crippen molar-refractivity contribution in [1.29, 1.82) is 0 Å². The van der Waals surface area contributed by atoms with Crippen molar-refractivity contribution in [3.8, 4) is 11.4 Å². The van der Waals surface area contributed by atoms with Crippen molar-refractivity contribution in [3.05, 3.63) is 35.5 Å². The molecular weight excluding hydrogens is 344 g/mol. The Morgan fingerprint density at radius 3 is 2.74 bits per heavy atom. The summed E-state index contributed by atoms with van der Waals surface area (Å²) in [5, 5.41) is 2.57. The monoisotopic (exact) mass is 368 g/mol. The van der Waals surface area contributed by atoms with E-state index in [0.29, 0.717) is 24.7 Å². The van der Waals surface area contributed by atoms with Crippen molar-refractivity contribution in [1.82, 2.24) is 14.9 Å². The summed E-state index contributed by atoms with van der Waals surface area (Å²) in [4.78, 5) is 25.3. The van der Waals surface area contributed by atoms with Crippen molar-refractivity contribution < 1.29 is 9.53 Å². The molecule has 3 N–H and O–H groups in total. The van der Waals surface area contributed by atoms with E-state index in [4.69, 9.17) is 20.4 Å². The maximum atomic E-state index is 11.0. The van der Waals surface area contributed by atoms with Crippen LogP contribution >= 0.6 is 0 Å². The Kier molecular flexibility index (Phi) is 4.67. The molecule has 0 aliphatic carbocycles. The number of rotatable bonds is 3. The highest BCUT2D eigenvalue weighted by atomic mass is 16.5. The number of nitrogens with one attached hydrogen (secondary N) is 1. The number of nitrogens with zero attached hydrogens (tertiary/aromatic N) is 4. The number of primary amides is 1. The van der Waals surface area contributed by atoms with Gasteiger partial charge in [-0.15, -0.1) is 0 Å². The maximum Gasteiger partial charge on any atom is 0.316 e. The molecular formula is C19H24N6O2. The number of amides is 2. The molecule has 2 aromatic rings. The minimum Gasteiger partial charge on any atom is -0.377 e. The Hall–Kier alpha value is -2.71. The highest BCUT2D eigenvalue weighted by molar-refractivity contribution is 5.88. The van der Waals surface area contributed by atoms with E-state index < -0.39 is 6.03 Å². The lowest BCUT2D eigenvalue weighted by molar-refractivity contribution is 0.0984. The smallest absolute Gasteiger partial charge is 0.316 e. The van der Waals surface area contributed by atoms with Gasteiger partial charge in [0.05, 0.1) is 24.9 Å². The zero-order chi connectivity index (χ0) is 19.0. The van der Waals surface area contributed by atoms with Crippen molar-refractivity contribution in [3.63, 3.8) is 0 Å². The Morgan fingerprint density at radius 2 is 2.04 bits per heavy atom. The van der Waals surface area contributed by atoms with E-state index in [0.717, 1.165) is 36.7 Å². The SMILES string of the molecule is CC1COCCN1c1nc(-c2ccc(NC(N)=O)cc2)nc2c1CN(C)C2. The van der Waals surface area contributed by atoms with Gasteiger partial charge in [-0.3, -0.25) is 4.90 Å². The van der Waals surface area contributed by atoms with E-state index in [1.54, 1.807) is 12.1 Å². The van der Waals surface area contributed by atoms with Crippen molar-refractivity contribution in [2.24, 2.45) is 5.73 Å². The Labute approximate surface area is 158 Å². The molecule has 27 heavy (non-hydrogen) atoms. The van der Waals surface area contributed by atoms with E-state index in [-0.39, 0.29) is 6.04 Å². The number of carbonyl (C=O) groups is 1. The summed E-state index contributed by atoms with van der Waals surface area (Å²) < 4.78 is 5.59. The molecule has 1 fully saturated rings. The van der Waals surface area contributed by atoms with Crippen LogP contribution in [0, 0.1) is 0 Å². The number of ether oxygens (including phenoxy) is 1. The summed E-state index contributed by atoms with van der Waals surface area (Å²) in [7, 11) is 2.10. The molecule has 0 spiro atoms. The van der Waals surface area contributed by atoms with Crippen LogP contribution in [0.4, 0.5) is 16.3 Å². The predicted molar refractivity (Wildman–Crippen MR) is 103 cm³/mol. The Bertz CT molecular complexity index is 854. The van der Waals surface area contributed by atoms with Crippen LogP contribution in [0.1, 0.15) is 18.2 Å². The van der Waals surface area contributed by atoms with Crippen LogP contribution in [0.25, 0.3) is 11.4 Å². The van der Waals surface area contributed by atoms with Gasteiger partial charge in [0.2, 0.25) is 0 Å². The molecule has 0 radical (unpaired) electrons. The zero-order valence-electron chi connectivity index (χ0n) is 15.6. The van der Waals surface area contributed by atoms with Crippen LogP contribution in [0.5, 0.6) is 0 Å². The van der Waals surface area contributed by atoms with Gasteiger partial charge in [0.1, 0.15) is 5.82 Å². The molecule has 0 saturated carbocycles. The van der Waals surface area contributed by atoms with Gasteiger partial charge < -0.3 is 20.7 Å². The van der Waals surface area contributed by atoms with Crippen LogP contribution in [0.2, 0.25) is 0 Å². The van der Waals surface area contributed by atoms with Gasteiger partial charge in [0.25, 0.3) is 0 Å². The van der Waals surface area contributed by atoms with Crippen LogP contribution < -0.4 is 16.0 Å². The molecule has 1 unspecified atom stereocenters. The minimum atomic E-state index is -0.580. The van der Waals surface area contributed by atoms with E-state index in [1.807, 2.05) is 12.1 Å². The lowest BCUT2D eigenvalue weighted by atomic mass is 10.1. The molecule has 1 aromatic carbocycles. The second-order valence-electron chi connectivity index (χ2n) is 7.15. The standard InChI is InChI=1S/C19H24N6O2/c1-12-11-27-8-7-25(12)18-15-9-24(2)10-16(15)22-17(23-18)13-3-5-14(6-4-13)21-19(20)26/h3-6,12H,7-11H2,1-2H3,(H3,20,21,26). The summed E-state index contributed by atoms with van der Waals surface area (Å²) in [6.45, 7) is 6.08. The lowest BCUT2D eigenvalue weighted by Crippen LogP contribution is -2.44. The summed E-state index contributed by atoms with van der Waals surface area (Å²) in [6.07, 6.45) is 0. The van der Waals surface area contributed by atoms with Crippen LogP contribution in [0.3, 0.4) is 0 Å². The van der Waals surface area contributed by atoms with Gasteiger partial charge in [0, 0.05) is 36.4 Å². The third-order valence-corrected chi connectivity index (χ3v) is 4.97. The molecule has 0 bridgehead atoms. The van der Waals surface area contributed by atoms with Crippen LogP contribution in [0.15, 0.2) is 24.3 Å². The number of carbonyl (C=O) groups excluding carboxylic acids is 1. The first kappa shape index (κ1) is 17.7. The summed E-state index contributed by atoms with van der Waals surface area (Å²) in [5.41, 5.74) is 9.01. The first-order chi connectivity index (χ1) is 13.0. The maximum absolute atomic E-state index is 11.0. The number of benzene rings is 1. The Balaban J connectivity index is 1.72. The van der Waals surface area contributed by atoms with Gasteiger partial charge in [0.15, 0.2) is 5.82 Å². The normalized spacial score (nSPS) is 19.8. The van der Waals surface area contributed by atoms with Crippen molar-refractivity contribution in [2.75, 3.05) is 37.0 Å². The molecule has 142 valence electrons. The third kappa shape index (κ3) is 3.58. The molecule has 3 heterocycles. The molecule has 1 saturated heterocycles. The number of aromatic nitrogens is 2.